The first-order valence-electron chi connectivity index (χ1n) is 10.2. The van der Waals surface area contributed by atoms with Crippen molar-refractivity contribution in [1.29, 1.82) is 0 Å². The summed E-state index contributed by atoms with van der Waals surface area (Å²) in [4.78, 5) is 16.4. The first-order valence-corrected chi connectivity index (χ1v) is 10.6. The fraction of sp³-hybridized carbons (Fsp3) is 0.261. The number of carbonyl (C=O) groups is 1. The molecule has 2 heterocycles. The second-order valence-electron chi connectivity index (χ2n) is 7.66. The van der Waals surface area contributed by atoms with Crippen LogP contribution in [0.15, 0.2) is 40.8 Å². The molecule has 2 aromatic carbocycles. The Morgan fingerprint density at radius 3 is 2.26 bits per heavy atom. The number of ether oxygens (including phenoxy) is 1. The lowest BCUT2D eigenvalue weighted by molar-refractivity contribution is 0.0594. The first-order chi connectivity index (χ1) is 16.2. The normalized spacial score (nSPS) is 14.5. The number of nitrogens with zero attached hydrogens (tertiary/aromatic N) is 2. The van der Waals surface area contributed by atoms with Crippen LogP contribution in [0.2, 0.25) is 5.02 Å². The molecule has 11 heteroatoms. The van der Waals surface area contributed by atoms with Crippen LogP contribution in [0.25, 0.3) is 0 Å². The Morgan fingerprint density at radius 2 is 1.62 bits per heavy atom. The molecule has 4 rings (SSSR count). The predicted octanol–water partition coefficient (Wildman–Crippen LogP) is 5.17. The molecule has 1 fully saturated rings. The van der Waals surface area contributed by atoms with E-state index in [9.17, 15) is 26.7 Å². The van der Waals surface area contributed by atoms with Gasteiger partial charge in [0, 0.05) is 43.8 Å². The van der Waals surface area contributed by atoms with Gasteiger partial charge in [0.1, 0.15) is 18.2 Å². The lowest BCUT2D eigenvalue weighted by Gasteiger charge is -2.34. The molecule has 34 heavy (non-hydrogen) atoms. The average Bonchev–Trinajstić information content (AvgIpc) is 3.29. The smallest absolute Gasteiger partial charge is 0.289 e. The van der Waals surface area contributed by atoms with Gasteiger partial charge < -0.3 is 14.1 Å². The summed E-state index contributed by atoms with van der Waals surface area (Å²) >= 11 is 6.08. The van der Waals surface area contributed by atoms with Gasteiger partial charge >= 0.3 is 0 Å². The van der Waals surface area contributed by atoms with Gasteiger partial charge in [-0.3, -0.25) is 9.69 Å². The van der Waals surface area contributed by atoms with Gasteiger partial charge in [0.05, 0.1) is 0 Å². The quantitative estimate of drug-likeness (QED) is 0.346. The van der Waals surface area contributed by atoms with E-state index in [1.807, 2.05) is 0 Å². The van der Waals surface area contributed by atoms with Crippen molar-refractivity contribution in [2.45, 2.75) is 13.2 Å². The number of piperazine rings is 1. The van der Waals surface area contributed by atoms with Gasteiger partial charge in [0.2, 0.25) is 11.6 Å². The van der Waals surface area contributed by atoms with Crippen LogP contribution in [0, 0.1) is 29.1 Å². The number of benzene rings is 2. The SMILES string of the molecule is O=C(c1ccc(COc2c(F)c(F)cc(F)c2F)o1)N1CCN(Cc2ccc(F)cc2Cl)CC1. The minimum atomic E-state index is -1.67. The van der Waals surface area contributed by atoms with E-state index in [1.165, 1.54) is 24.3 Å². The maximum atomic E-state index is 13.7. The van der Waals surface area contributed by atoms with E-state index >= 15 is 0 Å². The van der Waals surface area contributed by atoms with Crippen LogP contribution < -0.4 is 4.74 Å². The largest absolute Gasteiger partial charge is 0.479 e. The fourth-order valence-corrected chi connectivity index (χ4v) is 3.77. The summed E-state index contributed by atoms with van der Waals surface area (Å²) in [6.45, 7) is 1.89. The molecule has 0 unspecified atom stereocenters. The Morgan fingerprint density at radius 1 is 0.941 bits per heavy atom. The van der Waals surface area contributed by atoms with Gasteiger partial charge in [-0.2, -0.15) is 8.78 Å². The Hall–Kier alpha value is -3.11. The average molecular weight is 501 g/mol. The highest BCUT2D eigenvalue weighted by Crippen LogP contribution is 2.27. The molecule has 5 nitrogen and oxygen atoms in total. The van der Waals surface area contributed by atoms with Crippen molar-refractivity contribution >= 4 is 17.5 Å². The van der Waals surface area contributed by atoms with E-state index in [4.69, 9.17) is 20.8 Å². The number of furan rings is 1. The maximum absolute atomic E-state index is 13.7. The molecule has 0 aliphatic carbocycles. The minimum Gasteiger partial charge on any atom is -0.479 e. The van der Waals surface area contributed by atoms with Crippen molar-refractivity contribution in [1.82, 2.24) is 9.80 Å². The van der Waals surface area contributed by atoms with E-state index < -0.39 is 41.4 Å². The van der Waals surface area contributed by atoms with Crippen LogP contribution in [0.5, 0.6) is 5.75 Å². The second kappa shape index (κ2) is 10.0. The van der Waals surface area contributed by atoms with Crippen LogP contribution in [-0.4, -0.2) is 41.9 Å². The van der Waals surface area contributed by atoms with Gasteiger partial charge in [-0.05, 0) is 29.8 Å². The van der Waals surface area contributed by atoms with E-state index in [1.54, 1.807) is 11.0 Å². The van der Waals surface area contributed by atoms with Crippen molar-refractivity contribution < 1.29 is 35.9 Å². The lowest BCUT2D eigenvalue weighted by atomic mass is 10.2. The zero-order chi connectivity index (χ0) is 24.4. The van der Waals surface area contributed by atoms with E-state index in [0.717, 1.165) is 5.56 Å². The molecule has 0 atom stereocenters. The fourth-order valence-electron chi connectivity index (χ4n) is 3.55. The Bertz CT molecular complexity index is 1190. The number of hydrogen-bond acceptors (Lipinski definition) is 4. The summed E-state index contributed by atoms with van der Waals surface area (Å²) in [5.41, 5.74) is 0.782. The molecule has 0 bridgehead atoms. The summed E-state index contributed by atoms with van der Waals surface area (Å²) in [6, 6.07) is 7.04. The third-order valence-electron chi connectivity index (χ3n) is 5.37. The molecule has 180 valence electrons. The number of hydrogen-bond donors (Lipinski definition) is 0. The van der Waals surface area contributed by atoms with Gasteiger partial charge in [0.15, 0.2) is 23.1 Å². The third kappa shape index (κ3) is 5.18. The Kier molecular flexibility index (Phi) is 7.08. The third-order valence-corrected chi connectivity index (χ3v) is 5.72. The van der Waals surface area contributed by atoms with E-state index in [-0.39, 0.29) is 23.5 Å². The van der Waals surface area contributed by atoms with Crippen molar-refractivity contribution in [2.75, 3.05) is 26.2 Å². The maximum Gasteiger partial charge on any atom is 0.289 e. The van der Waals surface area contributed by atoms with E-state index in [0.29, 0.717) is 37.7 Å². The highest BCUT2D eigenvalue weighted by atomic mass is 35.5. The lowest BCUT2D eigenvalue weighted by Crippen LogP contribution is -2.48. The van der Waals surface area contributed by atoms with Gasteiger partial charge in [0.25, 0.3) is 5.91 Å². The molecule has 1 aliphatic heterocycles. The van der Waals surface area contributed by atoms with Gasteiger partial charge in [-0.25, -0.2) is 13.2 Å². The molecule has 1 aliphatic rings. The molecule has 3 aromatic rings. The summed E-state index contributed by atoms with van der Waals surface area (Å²) in [7, 11) is 0. The number of amides is 1. The number of carbonyl (C=O) groups excluding carboxylic acids is 1. The molecule has 0 N–H and O–H groups in total. The van der Waals surface area contributed by atoms with Gasteiger partial charge in [-0.1, -0.05) is 17.7 Å². The van der Waals surface area contributed by atoms with Crippen molar-refractivity contribution in [3.8, 4) is 5.75 Å². The van der Waals surface area contributed by atoms with Crippen molar-refractivity contribution in [3.05, 3.63) is 87.6 Å². The zero-order valence-electron chi connectivity index (χ0n) is 17.6. The Labute approximate surface area is 196 Å². The summed E-state index contributed by atoms with van der Waals surface area (Å²) < 4.78 is 77.4. The highest BCUT2D eigenvalue weighted by Gasteiger charge is 2.25. The van der Waals surface area contributed by atoms with E-state index in [2.05, 4.69) is 4.90 Å². The molecular weight excluding hydrogens is 483 g/mol. The molecule has 1 saturated heterocycles. The highest BCUT2D eigenvalue weighted by molar-refractivity contribution is 6.31. The monoisotopic (exact) mass is 500 g/mol. The van der Waals surface area contributed by atoms with Crippen LogP contribution in [0.3, 0.4) is 0 Å². The van der Waals surface area contributed by atoms with Crippen molar-refractivity contribution in [2.24, 2.45) is 0 Å². The zero-order valence-corrected chi connectivity index (χ0v) is 18.3. The van der Waals surface area contributed by atoms with Crippen LogP contribution in [0.1, 0.15) is 21.9 Å². The standard InChI is InChI=1S/C23H18ClF5N2O3/c24-16-9-14(25)2-1-13(16)11-30-5-7-31(8-6-30)23(32)19-4-3-15(34-19)12-33-22-20(28)17(26)10-18(27)21(22)29/h1-4,9-10H,5-8,11-12H2. The minimum absolute atomic E-state index is 0.0139. The molecule has 0 spiro atoms. The summed E-state index contributed by atoms with van der Waals surface area (Å²) in [5, 5.41) is 0.338. The molecule has 0 radical (unpaired) electrons. The summed E-state index contributed by atoms with van der Waals surface area (Å²) in [6.07, 6.45) is 0. The number of rotatable bonds is 6. The first kappa shape index (κ1) is 24.0. The molecule has 1 aromatic heterocycles. The van der Waals surface area contributed by atoms with Crippen LogP contribution in [0.4, 0.5) is 22.0 Å². The van der Waals surface area contributed by atoms with Crippen LogP contribution >= 0.6 is 11.6 Å². The predicted molar refractivity (Wildman–Crippen MR) is 112 cm³/mol. The number of halogens is 6. The van der Waals surface area contributed by atoms with Crippen molar-refractivity contribution in [3.63, 3.8) is 0 Å². The Balaban J connectivity index is 1.33. The molecule has 0 saturated carbocycles. The van der Waals surface area contributed by atoms with Crippen LogP contribution in [-0.2, 0) is 13.2 Å². The second-order valence-corrected chi connectivity index (χ2v) is 8.06. The van der Waals surface area contributed by atoms with Gasteiger partial charge in [-0.15, -0.1) is 0 Å². The molecular formula is C23H18ClF5N2O3. The summed E-state index contributed by atoms with van der Waals surface area (Å²) in [5.74, 6) is -8.50. The molecule has 1 amide bonds. The topological polar surface area (TPSA) is 45.9 Å².